The van der Waals surface area contributed by atoms with E-state index >= 15 is 0 Å². The Morgan fingerprint density at radius 3 is 2.36 bits per heavy atom. The number of ether oxygens (including phenoxy) is 2. The number of carbonyl (C=O) groups is 1. The molecule has 25 heavy (non-hydrogen) atoms. The molecule has 0 aromatic heterocycles. The van der Waals surface area contributed by atoms with Crippen molar-refractivity contribution in [3.8, 4) is 11.5 Å². The number of benzene rings is 2. The normalized spacial score (nSPS) is 12.0. The highest BCUT2D eigenvalue weighted by Gasteiger charge is 2.09. The molecule has 0 aliphatic rings. The zero-order valence-corrected chi connectivity index (χ0v) is 15.4. The minimum absolute atomic E-state index is 0.0538. The van der Waals surface area contributed by atoms with Gasteiger partial charge in [-0.2, -0.15) is 0 Å². The topological polar surface area (TPSA) is 47.6 Å². The molecule has 0 spiro atoms. The van der Waals surface area contributed by atoms with Gasteiger partial charge in [0.25, 0.3) is 0 Å². The number of hydrogen-bond donors (Lipinski definition) is 1. The van der Waals surface area contributed by atoms with E-state index in [0.717, 1.165) is 11.1 Å². The molecule has 2 rings (SSSR count). The second kappa shape index (κ2) is 8.38. The molecule has 132 valence electrons. The van der Waals surface area contributed by atoms with E-state index in [1.54, 1.807) is 20.3 Å². The fraction of sp³-hybridized carbons (Fsp3) is 0.286. The van der Waals surface area contributed by atoms with Crippen LogP contribution in [0.25, 0.3) is 6.08 Å². The number of rotatable bonds is 6. The number of methoxy groups -OCH3 is 2. The van der Waals surface area contributed by atoms with Crippen LogP contribution in [0, 0.1) is 13.8 Å². The molecule has 2 aromatic carbocycles. The second-order valence-electron chi connectivity index (χ2n) is 6.02. The molecule has 0 fully saturated rings. The number of amides is 1. The van der Waals surface area contributed by atoms with Crippen LogP contribution in [0.4, 0.5) is 0 Å². The quantitative estimate of drug-likeness (QED) is 0.802. The third-order valence-electron chi connectivity index (χ3n) is 4.22. The third-order valence-corrected chi connectivity index (χ3v) is 4.22. The van der Waals surface area contributed by atoms with Gasteiger partial charge in [0.15, 0.2) is 11.5 Å². The highest BCUT2D eigenvalue weighted by Crippen LogP contribution is 2.28. The van der Waals surface area contributed by atoms with Crippen LogP contribution in [0.5, 0.6) is 11.5 Å². The van der Waals surface area contributed by atoms with Crippen LogP contribution in [0.3, 0.4) is 0 Å². The number of nitrogens with one attached hydrogen (secondary N) is 1. The van der Waals surface area contributed by atoms with Crippen molar-refractivity contribution in [3.63, 3.8) is 0 Å². The maximum Gasteiger partial charge on any atom is 0.244 e. The minimum Gasteiger partial charge on any atom is -0.493 e. The molecule has 0 saturated carbocycles. The van der Waals surface area contributed by atoms with Crippen molar-refractivity contribution in [1.82, 2.24) is 5.32 Å². The first-order valence-electron chi connectivity index (χ1n) is 8.22. The Balaban J connectivity index is 2.03. The SMILES string of the molecule is COc1ccc(/C=C/C(=O)N[C@@H](C)c2ccc(C)c(C)c2)cc1OC. The van der Waals surface area contributed by atoms with Crippen molar-refractivity contribution in [3.05, 3.63) is 64.7 Å². The van der Waals surface area contributed by atoms with E-state index in [4.69, 9.17) is 9.47 Å². The van der Waals surface area contributed by atoms with Crippen LogP contribution in [0.1, 0.15) is 35.2 Å². The van der Waals surface area contributed by atoms with Gasteiger partial charge in [0.05, 0.1) is 20.3 Å². The van der Waals surface area contributed by atoms with Gasteiger partial charge in [-0.05, 0) is 61.2 Å². The summed E-state index contributed by atoms with van der Waals surface area (Å²) >= 11 is 0. The zero-order valence-electron chi connectivity index (χ0n) is 15.4. The Morgan fingerprint density at radius 2 is 1.72 bits per heavy atom. The van der Waals surface area contributed by atoms with Crippen LogP contribution in [-0.4, -0.2) is 20.1 Å². The lowest BCUT2D eigenvalue weighted by atomic mass is 10.0. The first-order valence-corrected chi connectivity index (χ1v) is 8.22. The standard InChI is InChI=1S/C21H25NO3/c1-14-6-9-18(12-15(14)2)16(3)22-21(23)11-8-17-7-10-19(24-4)20(13-17)25-5/h6-13,16H,1-5H3,(H,22,23)/b11-8+/t16-/m0/s1. The van der Waals surface area contributed by atoms with Gasteiger partial charge in [0.1, 0.15) is 0 Å². The van der Waals surface area contributed by atoms with Gasteiger partial charge in [-0.15, -0.1) is 0 Å². The van der Waals surface area contributed by atoms with E-state index in [9.17, 15) is 4.79 Å². The van der Waals surface area contributed by atoms with Crippen LogP contribution in [0.15, 0.2) is 42.5 Å². The average molecular weight is 339 g/mol. The molecule has 2 aromatic rings. The highest BCUT2D eigenvalue weighted by atomic mass is 16.5. The van der Waals surface area contributed by atoms with Gasteiger partial charge >= 0.3 is 0 Å². The summed E-state index contributed by atoms with van der Waals surface area (Å²) in [5, 5.41) is 2.98. The summed E-state index contributed by atoms with van der Waals surface area (Å²) < 4.78 is 10.5. The Hall–Kier alpha value is -2.75. The van der Waals surface area contributed by atoms with Gasteiger partial charge in [0.2, 0.25) is 5.91 Å². The molecule has 0 aliphatic heterocycles. The molecule has 0 radical (unpaired) electrons. The fourth-order valence-electron chi connectivity index (χ4n) is 2.51. The molecule has 4 nitrogen and oxygen atoms in total. The molecule has 1 N–H and O–H groups in total. The van der Waals surface area contributed by atoms with Crippen molar-refractivity contribution in [1.29, 1.82) is 0 Å². The van der Waals surface area contributed by atoms with Gasteiger partial charge < -0.3 is 14.8 Å². The summed E-state index contributed by atoms with van der Waals surface area (Å²) in [5.41, 5.74) is 4.43. The lowest BCUT2D eigenvalue weighted by Crippen LogP contribution is -2.24. The van der Waals surface area contributed by atoms with E-state index in [2.05, 4.69) is 31.3 Å². The van der Waals surface area contributed by atoms with Crippen molar-refractivity contribution >= 4 is 12.0 Å². The Labute approximate surface area is 149 Å². The number of carbonyl (C=O) groups excluding carboxylic acids is 1. The molecule has 0 saturated heterocycles. The predicted octanol–water partition coefficient (Wildman–Crippen LogP) is 4.21. The molecule has 0 unspecified atom stereocenters. The highest BCUT2D eigenvalue weighted by molar-refractivity contribution is 5.92. The van der Waals surface area contributed by atoms with E-state index < -0.39 is 0 Å². The Bertz CT molecular complexity index is 781. The molecule has 4 heteroatoms. The summed E-state index contributed by atoms with van der Waals surface area (Å²) in [4.78, 5) is 12.2. The third kappa shape index (κ3) is 4.86. The second-order valence-corrected chi connectivity index (χ2v) is 6.02. The predicted molar refractivity (Wildman–Crippen MR) is 101 cm³/mol. The van der Waals surface area contributed by atoms with Gasteiger partial charge in [-0.25, -0.2) is 0 Å². The first-order chi connectivity index (χ1) is 11.9. The minimum atomic E-state index is -0.138. The van der Waals surface area contributed by atoms with E-state index in [-0.39, 0.29) is 11.9 Å². The molecular weight excluding hydrogens is 314 g/mol. The molecule has 0 aliphatic carbocycles. The van der Waals surface area contributed by atoms with E-state index in [1.807, 2.05) is 31.2 Å². The van der Waals surface area contributed by atoms with E-state index in [1.165, 1.54) is 17.2 Å². The summed E-state index contributed by atoms with van der Waals surface area (Å²) in [6.45, 7) is 6.13. The zero-order chi connectivity index (χ0) is 18.4. The van der Waals surface area contributed by atoms with Crippen LogP contribution >= 0.6 is 0 Å². The van der Waals surface area contributed by atoms with Crippen LogP contribution in [-0.2, 0) is 4.79 Å². The summed E-state index contributed by atoms with van der Waals surface area (Å²) in [7, 11) is 3.18. The van der Waals surface area contributed by atoms with Crippen molar-refractivity contribution in [2.75, 3.05) is 14.2 Å². The lowest BCUT2D eigenvalue weighted by Gasteiger charge is -2.14. The van der Waals surface area contributed by atoms with Crippen LogP contribution < -0.4 is 14.8 Å². The Kier molecular flexibility index (Phi) is 6.23. The molecular formula is C21H25NO3. The molecule has 0 heterocycles. The van der Waals surface area contributed by atoms with Gasteiger partial charge in [0, 0.05) is 6.08 Å². The maximum absolute atomic E-state index is 12.2. The van der Waals surface area contributed by atoms with Crippen molar-refractivity contribution in [2.24, 2.45) is 0 Å². The van der Waals surface area contributed by atoms with Crippen molar-refractivity contribution < 1.29 is 14.3 Å². The molecule has 0 bridgehead atoms. The molecule has 1 atom stereocenters. The summed E-state index contributed by atoms with van der Waals surface area (Å²) in [6, 6.07) is 11.7. The monoisotopic (exact) mass is 339 g/mol. The van der Waals surface area contributed by atoms with E-state index in [0.29, 0.717) is 11.5 Å². The lowest BCUT2D eigenvalue weighted by molar-refractivity contribution is -0.117. The van der Waals surface area contributed by atoms with Gasteiger partial charge in [-0.1, -0.05) is 24.3 Å². The number of aryl methyl sites for hydroxylation is 2. The summed E-state index contributed by atoms with van der Waals surface area (Å²) in [5.74, 6) is 1.15. The van der Waals surface area contributed by atoms with Crippen LogP contribution in [0.2, 0.25) is 0 Å². The maximum atomic E-state index is 12.2. The smallest absolute Gasteiger partial charge is 0.244 e. The average Bonchev–Trinajstić information content (AvgIpc) is 2.61. The van der Waals surface area contributed by atoms with Gasteiger partial charge in [-0.3, -0.25) is 4.79 Å². The Morgan fingerprint density at radius 1 is 1.00 bits per heavy atom. The van der Waals surface area contributed by atoms with Crippen molar-refractivity contribution in [2.45, 2.75) is 26.8 Å². The molecule has 1 amide bonds. The fourth-order valence-corrected chi connectivity index (χ4v) is 2.51. The number of hydrogen-bond acceptors (Lipinski definition) is 3. The first kappa shape index (κ1) is 18.6. The summed E-state index contributed by atoms with van der Waals surface area (Å²) in [6.07, 6.45) is 3.28. The largest absolute Gasteiger partial charge is 0.493 e.